The number of nitrogens with two attached hydrogens (primary N) is 2. The van der Waals surface area contributed by atoms with Crippen LogP contribution in [0.2, 0.25) is 0 Å². The molecule has 0 aromatic carbocycles. The van der Waals surface area contributed by atoms with Crippen molar-refractivity contribution in [3.63, 3.8) is 0 Å². The number of hydrogen-bond acceptors (Lipinski definition) is 25. The molecule has 598 valence electrons. The fourth-order valence-electron chi connectivity index (χ4n) is 13.1. The van der Waals surface area contributed by atoms with Crippen LogP contribution in [0.5, 0.6) is 0 Å². The molecule has 2 amide bonds. The number of nitrogens with one attached hydrogen (secondary N) is 2. The van der Waals surface area contributed by atoms with Gasteiger partial charge in [-0.3, -0.25) is 38.0 Å². The number of rotatable bonds is 18. The van der Waals surface area contributed by atoms with Gasteiger partial charge in [-0.1, -0.05) is 0 Å². The van der Waals surface area contributed by atoms with Crippen molar-refractivity contribution in [1.29, 1.82) is 0 Å². The topological polar surface area (TPSA) is 477 Å². The zero-order valence-corrected chi connectivity index (χ0v) is 61.5. The van der Waals surface area contributed by atoms with E-state index in [0.29, 0.717) is 153 Å². The minimum Gasteiger partial charge on any atom is -0.870 e. The van der Waals surface area contributed by atoms with Crippen molar-refractivity contribution in [3.8, 4) is 0 Å². The number of carbonyl (C=O) groups excluding carboxylic acids is 4. The number of esters is 2. The molecule has 3 saturated carbocycles. The molecule has 9 aromatic rings. The molecule has 3 aliphatic carbocycles. The Morgan fingerprint density at radius 2 is 0.874 bits per heavy atom. The van der Waals surface area contributed by atoms with E-state index in [1.807, 2.05) is 23.6 Å². The Bertz CT molecular complexity index is 4540. The quantitative estimate of drug-likeness (QED) is 0.0374. The van der Waals surface area contributed by atoms with E-state index < -0.39 is 60.3 Å². The maximum absolute atomic E-state index is 13.8. The minimum atomic E-state index is -2.89. The number of ether oxygens (including phenoxy) is 5. The number of aromatic carboxylic acids is 1. The average molecular weight is 1560 g/mol. The van der Waals surface area contributed by atoms with Crippen LogP contribution in [0.15, 0.2) is 74.0 Å². The summed E-state index contributed by atoms with van der Waals surface area (Å²) >= 11 is 0. The maximum atomic E-state index is 13.8. The van der Waals surface area contributed by atoms with Crippen LogP contribution >= 0.6 is 0 Å². The Balaban J connectivity index is 0.000000211. The SMILES string of the molecule is CCOCC.COC(=O)C1CCC(n2cc(N)c(C(F)F)n2)CC1.COC(=O)C1CCC(n2cc(NC(=O)c3cnn4ccc(N5CCOCC5)nc34)c(C(F)F)n2)CC1.Nc1ccn2ncc(C(=O)O)c2n1.O.O=C(Nc1cn(C2CCC(C(=O)O)CC2)nc1C(F)F)c1cnn2ccc(N3CCOCC3)nc12.[Li+].[OH-]. The molecule has 2 saturated heterocycles. The van der Waals surface area contributed by atoms with Crippen LogP contribution in [0.3, 0.4) is 0 Å². The third-order valence-corrected chi connectivity index (χ3v) is 19.0. The number of alkyl halides is 6. The number of hydrogen-bond donors (Lipinski definition) is 6. The summed E-state index contributed by atoms with van der Waals surface area (Å²) in [5.74, 6) is -2.67. The number of carboxylic acids is 2. The maximum Gasteiger partial charge on any atom is 1.00 e. The first-order chi connectivity index (χ1) is 52.0. The third-order valence-electron chi connectivity index (χ3n) is 19.0. The van der Waals surface area contributed by atoms with E-state index >= 15 is 0 Å². The van der Waals surface area contributed by atoms with E-state index in [1.165, 1.54) is 79.0 Å². The predicted octanol–water partition coefficient (Wildman–Crippen LogP) is 4.99. The van der Waals surface area contributed by atoms with Crippen LogP contribution in [0, 0.1) is 17.8 Å². The van der Waals surface area contributed by atoms with Gasteiger partial charge < -0.3 is 76.8 Å². The number of nitrogen functional groups attached to an aromatic ring is 2. The first-order valence-corrected chi connectivity index (χ1v) is 35.1. The fourth-order valence-corrected chi connectivity index (χ4v) is 13.1. The van der Waals surface area contributed by atoms with E-state index in [0.717, 1.165) is 13.2 Å². The molecule has 5 fully saturated rings. The summed E-state index contributed by atoms with van der Waals surface area (Å²) in [5.41, 5.74) is 10.6. The van der Waals surface area contributed by atoms with Crippen LogP contribution in [-0.2, 0) is 38.1 Å². The molecule has 2 aliphatic heterocycles. The zero-order chi connectivity index (χ0) is 77.3. The van der Waals surface area contributed by atoms with Gasteiger partial charge in [0.05, 0.1) is 112 Å². The molecule has 11 heterocycles. The van der Waals surface area contributed by atoms with Gasteiger partial charge in [-0.15, -0.1) is 0 Å². The second kappa shape index (κ2) is 41.0. The van der Waals surface area contributed by atoms with Gasteiger partial charge in [0.15, 0.2) is 34.0 Å². The van der Waals surface area contributed by atoms with Gasteiger partial charge in [0.25, 0.3) is 31.1 Å². The summed E-state index contributed by atoms with van der Waals surface area (Å²) in [5, 5.41) is 47.1. The van der Waals surface area contributed by atoms with Gasteiger partial charge in [0.2, 0.25) is 0 Å². The number of morpholine rings is 2. The van der Waals surface area contributed by atoms with Crippen molar-refractivity contribution >= 4 is 87.1 Å². The Hall–Kier alpha value is -10.5. The molecule has 9 aromatic heterocycles. The third kappa shape index (κ3) is 22.0. The Morgan fingerprint density at radius 1 is 0.523 bits per heavy atom. The van der Waals surface area contributed by atoms with E-state index in [-0.39, 0.29) is 123 Å². The summed E-state index contributed by atoms with van der Waals surface area (Å²) < 4.78 is 114. The van der Waals surface area contributed by atoms with Crippen molar-refractivity contribution in [3.05, 3.63) is 108 Å². The average Bonchev–Trinajstić information content (AvgIpc) is 1.67. The number of nitrogens with zero attached hydrogens (tertiary/aromatic N) is 17. The first kappa shape index (κ1) is 87.7. The summed E-state index contributed by atoms with van der Waals surface area (Å²) in [6, 6.07) is 4.82. The summed E-state index contributed by atoms with van der Waals surface area (Å²) in [7, 11) is 2.73. The molecule has 43 heteroatoms. The molecule has 0 spiro atoms. The fraction of sp³-hybridized carbons (Fsp3) is 0.515. The minimum absolute atomic E-state index is 0. The van der Waals surface area contributed by atoms with Gasteiger partial charge in [-0.05, 0) is 109 Å². The molecular weight excluding hydrogens is 1470 g/mol. The van der Waals surface area contributed by atoms with E-state index in [4.69, 9.17) is 40.3 Å². The molecule has 36 nitrogen and oxygen atoms in total. The van der Waals surface area contributed by atoms with Crippen molar-refractivity contribution < 1.29 is 119 Å². The second-order valence-electron chi connectivity index (χ2n) is 25.7. The van der Waals surface area contributed by atoms with Crippen molar-refractivity contribution in [1.82, 2.24) is 73.1 Å². The Labute approximate surface area is 642 Å². The molecule has 14 rings (SSSR count). The monoisotopic (exact) mass is 1560 g/mol. The molecular formula is C68H88F6LiN21O15. The molecule has 0 radical (unpaired) electrons. The molecule has 0 atom stereocenters. The van der Waals surface area contributed by atoms with Gasteiger partial charge in [-0.2, -0.15) is 30.6 Å². The molecule has 11 N–H and O–H groups in total. The van der Waals surface area contributed by atoms with Crippen molar-refractivity contribution in [2.45, 2.75) is 128 Å². The number of aromatic nitrogens is 15. The van der Waals surface area contributed by atoms with E-state index in [9.17, 15) is 60.2 Å². The summed E-state index contributed by atoms with van der Waals surface area (Å²) in [4.78, 5) is 88.3. The van der Waals surface area contributed by atoms with Gasteiger partial charge >= 0.3 is 42.7 Å². The number of fused-ring (bicyclic) bond motifs is 3. The van der Waals surface area contributed by atoms with Crippen LogP contribution in [0.4, 0.5) is 60.9 Å². The van der Waals surface area contributed by atoms with Gasteiger partial charge in [-0.25, -0.2) is 59.6 Å². The van der Waals surface area contributed by atoms with Crippen LogP contribution in [-0.4, -0.2) is 210 Å². The number of anilines is 6. The Kier molecular flexibility index (Phi) is 32.4. The zero-order valence-electron chi connectivity index (χ0n) is 61.5. The van der Waals surface area contributed by atoms with E-state index in [2.05, 4.69) is 56.2 Å². The number of carboxylic acid groups (broad SMARTS) is 2. The molecule has 111 heavy (non-hydrogen) atoms. The van der Waals surface area contributed by atoms with Crippen LogP contribution in [0.1, 0.15) is 176 Å². The van der Waals surface area contributed by atoms with E-state index in [1.54, 1.807) is 36.8 Å². The standard InChI is InChI=1S/C23H27F2N7O4.C22H25F2N7O4.C12H17F2N3O2.C7H6N4O2.C4H10O.Li.2H2O/c1-35-23(34)14-2-4-15(5-3-14)32-13-17(19(29-32)20(24)25)27-22(33)16-12-26-31-7-6-18(28-21(16)31)30-8-10-36-11-9-30;23-19(24)18-16(12-31(28-18)14-3-1-13(2-4-14)22(33)34)26-21(32)15-11-25-30-6-5-17(27-20(15)30)29-7-9-35-10-8-29;1-19-12(18)7-2-4-8(5-3-7)17-6-9(15)10(16-17)11(13)14;8-5-1-2-11-6(10-5)4(3-9-11)7(12)13;1-3-5-4-2;;;/h6-7,12-15,20H,2-5,8-11H2,1H3,(H,27,33);5-6,11-14,19H,1-4,7-10H2,(H,26,32)(H,33,34);6-8,11H,2-5,15H2,1H3;1-3H,(H2,8,10)(H,12,13);3-4H2,1-2H3;;2*1H2/q;;;;;+1;;/p-1. The van der Waals surface area contributed by atoms with Crippen LogP contribution in [0.25, 0.3) is 16.9 Å². The largest absolute Gasteiger partial charge is 1.00 e. The van der Waals surface area contributed by atoms with Gasteiger partial charge in [0, 0.05) is 76.6 Å². The second-order valence-corrected chi connectivity index (χ2v) is 25.7. The Morgan fingerprint density at radius 3 is 1.22 bits per heavy atom. The van der Waals surface area contributed by atoms with Crippen LogP contribution < -0.4 is 50.8 Å². The summed E-state index contributed by atoms with van der Waals surface area (Å²) in [6.45, 7) is 10.7. The number of amides is 2. The van der Waals surface area contributed by atoms with Gasteiger partial charge in [0.1, 0.15) is 34.1 Å². The first-order valence-electron chi connectivity index (χ1n) is 35.1. The van der Waals surface area contributed by atoms with Crippen molar-refractivity contribution in [2.75, 3.05) is 112 Å². The predicted molar refractivity (Wildman–Crippen MR) is 381 cm³/mol. The normalized spacial score (nSPS) is 18.9. The van der Waals surface area contributed by atoms with Crippen molar-refractivity contribution in [2.24, 2.45) is 17.8 Å². The number of carbonyl (C=O) groups is 6. The smallest absolute Gasteiger partial charge is 0.870 e. The number of methoxy groups -OCH3 is 2. The number of aliphatic carboxylic acids is 1. The molecule has 5 aliphatic rings. The molecule has 0 bridgehead atoms. The molecule has 0 unspecified atom stereocenters. The summed E-state index contributed by atoms with van der Waals surface area (Å²) in [6.07, 6.45) is 11.8. The number of halogens is 6.